The summed E-state index contributed by atoms with van der Waals surface area (Å²) in [5, 5.41) is 0. The molecule has 1 aliphatic carbocycles. The van der Waals surface area contributed by atoms with Crippen LogP contribution in [0.5, 0.6) is 0 Å². The molecule has 0 spiro atoms. The van der Waals surface area contributed by atoms with Crippen molar-refractivity contribution in [3.63, 3.8) is 0 Å². The molecule has 0 saturated heterocycles. The molecule has 0 fully saturated rings. The van der Waals surface area contributed by atoms with Gasteiger partial charge in [-0.15, -0.1) is 0 Å². The maximum Gasteiger partial charge on any atom is 0.136 e. The van der Waals surface area contributed by atoms with E-state index in [0.29, 0.717) is 12.2 Å². The van der Waals surface area contributed by atoms with Gasteiger partial charge in [-0.05, 0) is 19.3 Å². The molecular weight excluding hydrogens is 220 g/mol. The number of carbonyl (C=O) groups is 1. The summed E-state index contributed by atoms with van der Waals surface area (Å²) in [6, 6.07) is 0. The SMILES string of the molecule is O=C1CC=CCCCCCCCCCCCCC1. The second-order valence-corrected chi connectivity index (χ2v) is 5.64. The summed E-state index contributed by atoms with van der Waals surface area (Å²) in [5.41, 5.74) is 0. The molecule has 18 heavy (non-hydrogen) atoms. The Bertz CT molecular complexity index is 230. The summed E-state index contributed by atoms with van der Waals surface area (Å²) in [7, 11) is 0. The van der Waals surface area contributed by atoms with Crippen molar-refractivity contribution in [2.75, 3.05) is 0 Å². The van der Waals surface area contributed by atoms with Gasteiger partial charge < -0.3 is 0 Å². The highest BCUT2D eigenvalue weighted by Crippen LogP contribution is 2.13. The van der Waals surface area contributed by atoms with Crippen LogP contribution in [0.15, 0.2) is 12.2 Å². The Morgan fingerprint density at radius 3 is 1.72 bits per heavy atom. The topological polar surface area (TPSA) is 17.1 Å². The first-order valence-electron chi connectivity index (χ1n) is 8.06. The zero-order valence-electron chi connectivity index (χ0n) is 12.0. The molecule has 1 nitrogen and oxygen atoms in total. The minimum Gasteiger partial charge on any atom is -0.299 e. The molecule has 1 aliphatic rings. The van der Waals surface area contributed by atoms with Gasteiger partial charge in [-0.25, -0.2) is 0 Å². The number of ketones is 1. The number of Topliss-reactive ketones (excluding diaryl/α,β-unsaturated/α-hetero) is 1. The average Bonchev–Trinajstić information content (AvgIpc) is 2.37. The van der Waals surface area contributed by atoms with E-state index in [-0.39, 0.29) is 0 Å². The Morgan fingerprint density at radius 1 is 0.611 bits per heavy atom. The predicted octanol–water partition coefficient (Wildman–Crippen LogP) is 5.59. The minimum atomic E-state index is 0.426. The molecule has 0 aromatic carbocycles. The van der Waals surface area contributed by atoms with Crippen molar-refractivity contribution in [1.82, 2.24) is 0 Å². The molecule has 0 aromatic rings. The number of carbonyl (C=O) groups excluding carboxylic acids is 1. The maximum absolute atomic E-state index is 11.6. The molecule has 0 saturated carbocycles. The summed E-state index contributed by atoms with van der Waals surface area (Å²) in [5.74, 6) is 0.426. The Morgan fingerprint density at radius 2 is 1.11 bits per heavy atom. The summed E-state index contributed by atoms with van der Waals surface area (Å²) >= 11 is 0. The molecular formula is C17H30O. The lowest BCUT2D eigenvalue weighted by atomic mass is 10.0. The Kier molecular flexibility index (Phi) is 9.88. The normalized spacial score (nSPS) is 22.6. The van der Waals surface area contributed by atoms with Crippen molar-refractivity contribution >= 4 is 5.78 Å². The second-order valence-electron chi connectivity index (χ2n) is 5.64. The number of hydrogen-bond acceptors (Lipinski definition) is 1. The van der Waals surface area contributed by atoms with Crippen molar-refractivity contribution in [3.8, 4) is 0 Å². The van der Waals surface area contributed by atoms with E-state index in [1.54, 1.807) is 0 Å². The molecule has 1 rings (SSSR count). The van der Waals surface area contributed by atoms with Gasteiger partial charge in [-0.1, -0.05) is 69.9 Å². The first kappa shape index (κ1) is 15.5. The molecule has 0 N–H and O–H groups in total. The third-order valence-corrected chi connectivity index (χ3v) is 3.84. The van der Waals surface area contributed by atoms with E-state index < -0.39 is 0 Å². The maximum atomic E-state index is 11.6. The summed E-state index contributed by atoms with van der Waals surface area (Å²) < 4.78 is 0. The van der Waals surface area contributed by atoms with Gasteiger partial charge in [0.25, 0.3) is 0 Å². The first-order valence-corrected chi connectivity index (χ1v) is 8.06. The second kappa shape index (κ2) is 11.5. The summed E-state index contributed by atoms with van der Waals surface area (Å²) in [6.07, 6.45) is 21.7. The fourth-order valence-corrected chi connectivity index (χ4v) is 2.61. The van der Waals surface area contributed by atoms with Crippen LogP contribution in [0.4, 0.5) is 0 Å². The molecule has 0 radical (unpaired) electrons. The predicted molar refractivity (Wildman–Crippen MR) is 78.8 cm³/mol. The standard InChI is InChI=1S/C17H30O/c18-17-15-13-11-9-7-5-3-1-2-4-6-8-10-12-14-16-17/h11,13H,1-10,12,14-16H2. The Balaban J connectivity index is 2.18. The molecule has 0 aromatic heterocycles. The van der Waals surface area contributed by atoms with Gasteiger partial charge in [0.05, 0.1) is 0 Å². The molecule has 0 atom stereocenters. The van der Waals surface area contributed by atoms with Crippen molar-refractivity contribution in [3.05, 3.63) is 12.2 Å². The van der Waals surface area contributed by atoms with Crippen LogP contribution in [0.2, 0.25) is 0 Å². The number of allylic oxidation sites excluding steroid dienone is 2. The van der Waals surface area contributed by atoms with Gasteiger partial charge in [0, 0.05) is 12.8 Å². The summed E-state index contributed by atoms with van der Waals surface area (Å²) in [4.78, 5) is 11.6. The quantitative estimate of drug-likeness (QED) is 0.512. The van der Waals surface area contributed by atoms with Gasteiger partial charge >= 0.3 is 0 Å². The lowest BCUT2D eigenvalue weighted by Gasteiger charge is -2.02. The fraction of sp³-hybridized carbons (Fsp3) is 0.824. The zero-order valence-corrected chi connectivity index (χ0v) is 12.0. The van der Waals surface area contributed by atoms with Gasteiger partial charge in [0.15, 0.2) is 0 Å². The van der Waals surface area contributed by atoms with Crippen molar-refractivity contribution in [2.45, 2.75) is 89.9 Å². The average molecular weight is 250 g/mol. The van der Waals surface area contributed by atoms with E-state index in [1.807, 2.05) is 0 Å². The smallest absolute Gasteiger partial charge is 0.136 e. The monoisotopic (exact) mass is 250 g/mol. The van der Waals surface area contributed by atoms with Gasteiger partial charge in [-0.2, -0.15) is 0 Å². The van der Waals surface area contributed by atoms with E-state index in [9.17, 15) is 4.79 Å². The van der Waals surface area contributed by atoms with Crippen molar-refractivity contribution in [2.24, 2.45) is 0 Å². The first-order chi connectivity index (χ1) is 8.89. The molecule has 0 unspecified atom stereocenters. The van der Waals surface area contributed by atoms with Crippen LogP contribution in [-0.4, -0.2) is 5.78 Å². The van der Waals surface area contributed by atoms with Crippen LogP contribution in [0.3, 0.4) is 0 Å². The fourth-order valence-electron chi connectivity index (χ4n) is 2.61. The van der Waals surface area contributed by atoms with E-state index >= 15 is 0 Å². The van der Waals surface area contributed by atoms with Gasteiger partial charge in [-0.3, -0.25) is 4.79 Å². The van der Waals surface area contributed by atoms with Crippen LogP contribution in [0.25, 0.3) is 0 Å². The lowest BCUT2D eigenvalue weighted by molar-refractivity contribution is -0.118. The number of hydrogen-bond donors (Lipinski definition) is 0. The highest BCUT2D eigenvalue weighted by Gasteiger charge is 1.99. The van der Waals surface area contributed by atoms with E-state index in [1.165, 1.54) is 64.2 Å². The Hall–Kier alpha value is -0.590. The molecule has 0 aliphatic heterocycles. The molecule has 104 valence electrons. The third kappa shape index (κ3) is 9.44. The van der Waals surface area contributed by atoms with Crippen LogP contribution in [-0.2, 0) is 4.79 Å². The van der Waals surface area contributed by atoms with Gasteiger partial charge in [0.1, 0.15) is 5.78 Å². The van der Waals surface area contributed by atoms with Crippen LogP contribution in [0.1, 0.15) is 89.9 Å². The third-order valence-electron chi connectivity index (χ3n) is 3.84. The zero-order chi connectivity index (χ0) is 12.9. The molecule has 0 amide bonds. The highest BCUT2D eigenvalue weighted by molar-refractivity contribution is 5.79. The van der Waals surface area contributed by atoms with E-state index in [0.717, 1.165) is 19.3 Å². The largest absolute Gasteiger partial charge is 0.299 e. The number of rotatable bonds is 0. The van der Waals surface area contributed by atoms with E-state index in [2.05, 4.69) is 12.2 Å². The molecule has 0 bridgehead atoms. The minimum absolute atomic E-state index is 0.426. The van der Waals surface area contributed by atoms with Crippen LogP contribution < -0.4 is 0 Å². The summed E-state index contributed by atoms with van der Waals surface area (Å²) in [6.45, 7) is 0. The van der Waals surface area contributed by atoms with Crippen molar-refractivity contribution in [1.29, 1.82) is 0 Å². The molecule has 0 heterocycles. The van der Waals surface area contributed by atoms with Crippen LogP contribution in [0, 0.1) is 0 Å². The highest BCUT2D eigenvalue weighted by atomic mass is 16.1. The lowest BCUT2D eigenvalue weighted by Crippen LogP contribution is -1.95. The Labute approximate surface area is 113 Å². The van der Waals surface area contributed by atoms with Crippen LogP contribution >= 0.6 is 0 Å². The van der Waals surface area contributed by atoms with Gasteiger partial charge in [0.2, 0.25) is 0 Å². The van der Waals surface area contributed by atoms with Crippen molar-refractivity contribution < 1.29 is 4.79 Å². The van der Waals surface area contributed by atoms with E-state index in [4.69, 9.17) is 0 Å². The molecule has 1 heteroatoms.